The van der Waals surface area contributed by atoms with Crippen LogP contribution in [0.1, 0.15) is 64.9 Å². The summed E-state index contributed by atoms with van der Waals surface area (Å²) in [6.45, 7) is 4.98. The van der Waals surface area contributed by atoms with E-state index in [1.165, 1.54) is 30.6 Å². The minimum absolute atomic E-state index is 0.0540. The number of amides is 3. The first-order valence-corrected chi connectivity index (χ1v) is 15.2. The van der Waals surface area contributed by atoms with Crippen molar-refractivity contribution in [2.75, 3.05) is 11.9 Å². The standard InChI is InChI=1S/C32H40FN5O4/c1-32(2,3)42-31(41)37-27(30(40)38-16-22(33)12-24(38)14-34)11-21-15-35-26-7-6-23(13-25(21)26)36-29(39)28-18-5-4-17-8-20(28)10-19(17)9-18/h6-7,13,15,17-20,22,24,27-28,35H,4-5,8-12,16H2,1-3H3,(H,36,39)(H,37,41). The molecule has 42 heavy (non-hydrogen) atoms. The third kappa shape index (κ3) is 5.58. The van der Waals surface area contributed by atoms with E-state index >= 15 is 0 Å². The fourth-order valence-electron chi connectivity index (χ4n) is 8.14. The van der Waals surface area contributed by atoms with Crippen molar-refractivity contribution in [1.29, 1.82) is 5.26 Å². The molecule has 1 saturated heterocycles. The number of alkyl carbamates (subject to hydrolysis) is 1. The van der Waals surface area contributed by atoms with Crippen LogP contribution in [0.2, 0.25) is 0 Å². The van der Waals surface area contributed by atoms with Gasteiger partial charge in [0.25, 0.3) is 0 Å². The van der Waals surface area contributed by atoms with Gasteiger partial charge in [0.05, 0.1) is 12.6 Å². The van der Waals surface area contributed by atoms with Crippen LogP contribution in [0.25, 0.3) is 10.9 Å². The monoisotopic (exact) mass is 577 g/mol. The highest BCUT2D eigenvalue weighted by Crippen LogP contribution is 2.57. The lowest BCUT2D eigenvalue weighted by Gasteiger charge is -2.39. The fraction of sp³-hybridized carbons (Fsp3) is 0.625. The van der Waals surface area contributed by atoms with Gasteiger partial charge in [-0.05, 0) is 100 Å². The molecular weight excluding hydrogens is 537 g/mol. The first-order valence-electron chi connectivity index (χ1n) is 15.2. The molecule has 4 aliphatic rings. The number of benzene rings is 1. The summed E-state index contributed by atoms with van der Waals surface area (Å²) in [5, 5.41) is 16.2. The number of nitriles is 1. The summed E-state index contributed by atoms with van der Waals surface area (Å²) >= 11 is 0. The maximum absolute atomic E-state index is 14.2. The van der Waals surface area contributed by atoms with Gasteiger partial charge in [-0.1, -0.05) is 0 Å². The Balaban J connectivity index is 1.22. The highest BCUT2D eigenvalue weighted by atomic mass is 19.1. The molecule has 3 saturated carbocycles. The zero-order valence-electron chi connectivity index (χ0n) is 24.5. The lowest BCUT2D eigenvalue weighted by atomic mass is 9.66. The fourth-order valence-corrected chi connectivity index (χ4v) is 8.14. The van der Waals surface area contributed by atoms with Crippen molar-refractivity contribution >= 4 is 34.5 Å². The van der Waals surface area contributed by atoms with E-state index in [9.17, 15) is 24.0 Å². The predicted molar refractivity (Wildman–Crippen MR) is 155 cm³/mol. The van der Waals surface area contributed by atoms with E-state index in [1.807, 2.05) is 24.3 Å². The zero-order valence-corrected chi connectivity index (χ0v) is 24.5. The summed E-state index contributed by atoms with van der Waals surface area (Å²) < 4.78 is 19.6. The Morgan fingerprint density at radius 2 is 1.86 bits per heavy atom. The van der Waals surface area contributed by atoms with Gasteiger partial charge in [0.1, 0.15) is 23.9 Å². The number of nitrogens with one attached hydrogen (secondary N) is 3. The Morgan fingerprint density at radius 3 is 2.62 bits per heavy atom. The molecule has 3 amide bonds. The number of ether oxygens (including phenoxy) is 1. The molecule has 3 bridgehead atoms. The molecule has 8 atom stereocenters. The molecule has 6 rings (SSSR count). The lowest BCUT2D eigenvalue weighted by molar-refractivity contribution is -0.133. The summed E-state index contributed by atoms with van der Waals surface area (Å²) in [7, 11) is 0. The Hall–Kier alpha value is -3.61. The van der Waals surface area contributed by atoms with Crippen LogP contribution in [-0.2, 0) is 20.7 Å². The van der Waals surface area contributed by atoms with Gasteiger partial charge in [-0.2, -0.15) is 5.26 Å². The summed E-state index contributed by atoms with van der Waals surface area (Å²) in [4.78, 5) is 44.3. The number of carbonyl (C=O) groups excluding carboxylic acids is 3. The SMILES string of the molecule is CC(C)(C)OC(=O)NC(Cc1c[nH]c2ccc(NC(=O)C3C4CCC5CC3CC5C4)cc12)C(=O)N1CC(F)CC1C#N. The van der Waals surface area contributed by atoms with Crippen molar-refractivity contribution in [2.24, 2.45) is 29.6 Å². The normalized spacial score (nSPS) is 30.6. The number of halogens is 1. The number of hydrogen-bond donors (Lipinski definition) is 3. The van der Waals surface area contributed by atoms with Crippen LogP contribution in [0.15, 0.2) is 24.4 Å². The van der Waals surface area contributed by atoms with Crippen LogP contribution < -0.4 is 10.6 Å². The van der Waals surface area contributed by atoms with Crippen molar-refractivity contribution in [3.8, 4) is 6.07 Å². The molecule has 3 N–H and O–H groups in total. The quantitative estimate of drug-likeness (QED) is 0.441. The van der Waals surface area contributed by atoms with E-state index in [4.69, 9.17) is 4.74 Å². The van der Waals surface area contributed by atoms with Gasteiger partial charge in [-0.25, -0.2) is 9.18 Å². The molecule has 0 spiro atoms. The van der Waals surface area contributed by atoms with Gasteiger partial charge in [0.2, 0.25) is 11.8 Å². The number of hydrogen-bond acceptors (Lipinski definition) is 5. The van der Waals surface area contributed by atoms with Crippen molar-refractivity contribution in [3.63, 3.8) is 0 Å². The Morgan fingerprint density at radius 1 is 1.12 bits per heavy atom. The third-order valence-corrected chi connectivity index (χ3v) is 9.84. The molecular formula is C32H40FN5O4. The molecule has 9 nitrogen and oxygen atoms in total. The van der Waals surface area contributed by atoms with Gasteiger partial charge in [0, 0.05) is 41.5 Å². The first-order chi connectivity index (χ1) is 20.0. The molecule has 3 aliphatic carbocycles. The molecule has 4 fully saturated rings. The van der Waals surface area contributed by atoms with Crippen LogP contribution in [0.3, 0.4) is 0 Å². The third-order valence-electron chi connectivity index (χ3n) is 9.84. The number of fused-ring (bicyclic) bond motifs is 3. The lowest BCUT2D eigenvalue weighted by Crippen LogP contribution is -2.52. The van der Waals surface area contributed by atoms with Crippen molar-refractivity contribution in [2.45, 2.75) is 89.6 Å². The predicted octanol–water partition coefficient (Wildman–Crippen LogP) is 5.08. The van der Waals surface area contributed by atoms with Crippen LogP contribution in [0, 0.1) is 40.9 Å². The van der Waals surface area contributed by atoms with Gasteiger partial charge < -0.3 is 25.3 Å². The number of aromatic amines is 1. The van der Waals surface area contributed by atoms with Gasteiger partial charge >= 0.3 is 6.09 Å². The average molecular weight is 578 g/mol. The van der Waals surface area contributed by atoms with E-state index < -0.39 is 35.9 Å². The number of aromatic nitrogens is 1. The molecule has 10 heteroatoms. The molecule has 1 aliphatic heterocycles. The van der Waals surface area contributed by atoms with Crippen molar-refractivity contribution in [1.82, 2.24) is 15.2 Å². The number of nitrogens with zero attached hydrogens (tertiary/aromatic N) is 2. The summed E-state index contributed by atoms with van der Waals surface area (Å²) in [6.07, 6.45) is 5.66. The van der Waals surface area contributed by atoms with E-state index in [0.29, 0.717) is 17.5 Å². The minimum atomic E-state index is -1.30. The summed E-state index contributed by atoms with van der Waals surface area (Å²) in [6, 6.07) is 5.70. The molecule has 2 heterocycles. The average Bonchev–Trinajstić information content (AvgIpc) is 3.57. The van der Waals surface area contributed by atoms with Crippen molar-refractivity contribution < 1.29 is 23.5 Å². The number of anilines is 1. The number of carbonyl (C=O) groups is 3. The van der Waals surface area contributed by atoms with E-state index in [1.54, 1.807) is 27.0 Å². The van der Waals surface area contributed by atoms with Crippen LogP contribution in [0.5, 0.6) is 0 Å². The first kappa shape index (κ1) is 28.5. The number of likely N-dealkylation sites (tertiary alicyclic amines) is 1. The summed E-state index contributed by atoms with van der Waals surface area (Å²) in [5.41, 5.74) is 1.47. The second-order valence-corrected chi connectivity index (χ2v) is 13.8. The maximum atomic E-state index is 14.2. The Bertz CT molecular complexity index is 1420. The number of H-pyrrole nitrogens is 1. The van der Waals surface area contributed by atoms with Crippen molar-refractivity contribution in [3.05, 3.63) is 30.0 Å². The Kier molecular flexibility index (Phi) is 7.40. The largest absolute Gasteiger partial charge is 0.444 e. The van der Waals surface area contributed by atoms with Crippen LogP contribution in [0.4, 0.5) is 14.9 Å². The molecule has 224 valence electrons. The topological polar surface area (TPSA) is 127 Å². The maximum Gasteiger partial charge on any atom is 0.408 e. The molecule has 0 radical (unpaired) electrons. The highest BCUT2D eigenvalue weighted by Gasteiger charge is 2.52. The summed E-state index contributed by atoms with van der Waals surface area (Å²) in [5.74, 6) is 2.17. The number of alkyl halides is 1. The van der Waals surface area contributed by atoms with Crippen LogP contribution >= 0.6 is 0 Å². The number of rotatable bonds is 6. The smallest absolute Gasteiger partial charge is 0.408 e. The zero-order chi connectivity index (χ0) is 29.8. The molecule has 8 unspecified atom stereocenters. The van der Waals surface area contributed by atoms with E-state index in [2.05, 4.69) is 15.6 Å². The molecule has 1 aromatic heterocycles. The Labute approximate surface area is 245 Å². The highest BCUT2D eigenvalue weighted by molar-refractivity contribution is 5.96. The van der Waals surface area contributed by atoms with Gasteiger partial charge in [-0.3, -0.25) is 9.59 Å². The molecule has 2 aromatic rings. The van der Waals surface area contributed by atoms with E-state index in [-0.39, 0.29) is 31.2 Å². The molecule has 1 aromatic carbocycles. The van der Waals surface area contributed by atoms with Gasteiger partial charge in [0.15, 0.2) is 0 Å². The second-order valence-electron chi connectivity index (χ2n) is 13.8. The minimum Gasteiger partial charge on any atom is -0.444 e. The van der Waals surface area contributed by atoms with E-state index in [0.717, 1.165) is 34.7 Å². The van der Waals surface area contributed by atoms with Crippen LogP contribution in [-0.4, -0.2) is 58.2 Å². The van der Waals surface area contributed by atoms with Gasteiger partial charge in [-0.15, -0.1) is 0 Å². The second kappa shape index (κ2) is 10.9.